The second-order valence-electron chi connectivity index (χ2n) is 3.78. The molecule has 1 N–H and O–H groups in total. The Morgan fingerprint density at radius 3 is 2.71 bits per heavy atom. The summed E-state index contributed by atoms with van der Waals surface area (Å²) < 4.78 is 0. The summed E-state index contributed by atoms with van der Waals surface area (Å²) in [4.78, 5) is 12.8. The van der Waals surface area contributed by atoms with Gasteiger partial charge in [0, 0.05) is 31.6 Å². The maximum atomic E-state index is 4.51. The van der Waals surface area contributed by atoms with Crippen LogP contribution in [-0.2, 0) is 13.0 Å². The van der Waals surface area contributed by atoms with E-state index < -0.39 is 0 Å². The molecule has 2 aromatic heterocycles. The number of nitrogens with one attached hydrogen (secondary N) is 1. The van der Waals surface area contributed by atoms with Crippen LogP contribution < -0.4 is 5.32 Å². The highest BCUT2D eigenvalue weighted by atomic mass is 14.9. The third-order valence-electron chi connectivity index (χ3n) is 2.43. The zero-order valence-corrected chi connectivity index (χ0v) is 9.93. The van der Waals surface area contributed by atoms with Gasteiger partial charge in [0.25, 0.3) is 0 Å². The topological polar surface area (TPSA) is 50.7 Å². The third kappa shape index (κ3) is 3.60. The van der Waals surface area contributed by atoms with Crippen molar-refractivity contribution in [2.24, 2.45) is 0 Å². The van der Waals surface area contributed by atoms with Gasteiger partial charge in [-0.05, 0) is 30.3 Å². The van der Waals surface area contributed by atoms with E-state index >= 15 is 0 Å². The van der Waals surface area contributed by atoms with Crippen molar-refractivity contribution in [2.75, 3.05) is 6.54 Å². The minimum absolute atomic E-state index is 0.752. The molecular weight excluding hydrogens is 212 g/mol. The van der Waals surface area contributed by atoms with Crippen molar-refractivity contribution in [3.63, 3.8) is 0 Å². The highest BCUT2D eigenvalue weighted by Gasteiger charge is 2.00. The highest BCUT2D eigenvalue weighted by molar-refractivity contribution is 5.16. The van der Waals surface area contributed by atoms with Crippen molar-refractivity contribution in [3.05, 3.63) is 53.9 Å². The van der Waals surface area contributed by atoms with Crippen LogP contribution in [0.3, 0.4) is 0 Å². The van der Waals surface area contributed by atoms with Crippen molar-refractivity contribution in [1.29, 1.82) is 0 Å². The Labute approximate surface area is 101 Å². The lowest BCUT2D eigenvalue weighted by atomic mass is 10.2. The zero-order chi connectivity index (χ0) is 11.9. The van der Waals surface area contributed by atoms with Crippen LogP contribution in [-0.4, -0.2) is 21.5 Å². The normalized spacial score (nSPS) is 10.4. The first kappa shape index (κ1) is 11.7. The summed E-state index contributed by atoms with van der Waals surface area (Å²) in [6, 6.07) is 5.92. The van der Waals surface area contributed by atoms with Gasteiger partial charge in [0.05, 0.1) is 5.69 Å². The van der Waals surface area contributed by atoms with Crippen LogP contribution in [0.25, 0.3) is 0 Å². The molecule has 0 saturated heterocycles. The van der Waals surface area contributed by atoms with Crippen LogP contribution in [0.15, 0.2) is 36.8 Å². The van der Waals surface area contributed by atoms with Gasteiger partial charge in [-0.15, -0.1) is 0 Å². The van der Waals surface area contributed by atoms with Crippen molar-refractivity contribution >= 4 is 0 Å². The number of pyridine rings is 1. The lowest BCUT2D eigenvalue weighted by Gasteiger charge is -2.04. The van der Waals surface area contributed by atoms with Crippen LogP contribution in [0, 0.1) is 0 Å². The van der Waals surface area contributed by atoms with E-state index in [4.69, 9.17) is 0 Å². The molecule has 0 unspecified atom stereocenters. The molecule has 0 aliphatic carbocycles. The predicted molar refractivity (Wildman–Crippen MR) is 66.5 cm³/mol. The lowest BCUT2D eigenvalue weighted by molar-refractivity contribution is 0.702. The van der Waals surface area contributed by atoms with Gasteiger partial charge < -0.3 is 5.32 Å². The maximum absolute atomic E-state index is 4.51. The fourth-order valence-electron chi connectivity index (χ4n) is 1.56. The van der Waals surface area contributed by atoms with E-state index in [0.717, 1.165) is 31.0 Å². The number of hydrogen-bond donors (Lipinski definition) is 1. The Morgan fingerprint density at radius 2 is 1.94 bits per heavy atom. The molecule has 0 aliphatic heterocycles. The fourth-order valence-corrected chi connectivity index (χ4v) is 1.56. The van der Waals surface area contributed by atoms with E-state index in [0.29, 0.717) is 0 Å². The Kier molecular flexibility index (Phi) is 4.16. The monoisotopic (exact) mass is 228 g/mol. The molecule has 0 fully saturated rings. The molecule has 0 amide bonds. The molecule has 4 heteroatoms. The number of rotatable bonds is 5. The van der Waals surface area contributed by atoms with Crippen molar-refractivity contribution in [3.8, 4) is 0 Å². The Balaban J connectivity index is 2.06. The van der Waals surface area contributed by atoms with Crippen LogP contribution >= 0.6 is 0 Å². The number of aromatic nitrogens is 3. The fraction of sp³-hybridized carbons (Fsp3) is 0.308. The zero-order valence-electron chi connectivity index (χ0n) is 9.93. The van der Waals surface area contributed by atoms with Gasteiger partial charge in [0.2, 0.25) is 0 Å². The summed E-state index contributed by atoms with van der Waals surface area (Å²) in [6.45, 7) is 3.82. The Bertz CT molecular complexity index is 456. The summed E-state index contributed by atoms with van der Waals surface area (Å²) in [6.07, 6.45) is 6.15. The summed E-state index contributed by atoms with van der Waals surface area (Å²) in [5, 5.41) is 3.26. The Hall–Kier alpha value is -1.81. The highest BCUT2D eigenvalue weighted by Crippen LogP contribution is 2.04. The second kappa shape index (κ2) is 6.06. The van der Waals surface area contributed by atoms with Gasteiger partial charge in [-0.3, -0.25) is 4.98 Å². The van der Waals surface area contributed by atoms with Gasteiger partial charge in [-0.2, -0.15) is 0 Å². The molecule has 4 nitrogen and oxygen atoms in total. The van der Waals surface area contributed by atoms with Gasteiger partial charge in [0.15, 0.2) is 0 Å². The number of hydrogen-bond acceptors (Lipinski definition) is 4. The van der Waals surface area contributed by atoms with Gasteiger partial charge >= 0.3 is 0 Å². The predicted octanol–water partition coefficient (Wildman–Crippen LogP) is 1.57. The molecule has 17 heavy (non-hydrogen) atoms. The van der Waals surface area contributed by atoms with Crippen LogP contribution in [0.2, 0.25) is 0 Å². The minimum atomic E-state index is 0.752. The van der Waals surface area contributed by atoms with E-state index in [9.17, 15) is 0 Å². The van der Waals surface area contributed by atoms with E-state index in [2.05, 4.69) is 27.2 Å². The molecule has 0 saturated carbocycles. The second-order valence-corrected chi connectivity index (χ2v) is 3.78. The first-order valence-electron chi connectivity index (χ1n) is 5.79. The van der Waals surface area contributed by atoms with Crippen molar-refractivity contribution in [1.82, 2.24) is 20.3 Å². The van der Waals surface area contributed by atoms with E-state index in [1.165, 1.54) is 5.56 Å². The molecule has 0 aliphatic rings. The molecule has 2 aromatic rings. The standard InChI is InChI=1S/C13H16N4/c1-2-14-10-12-5-8-16-13(17-12)9-11-3-6-15-7-4-11/h3-8,14H,2,9-10H2,1H3. The molecule has 88 valence electrons. The van der Waals surface area contributed by atoms with Gasteiger partial charge in [0.1, 0.15) is 5.82 Å². The third-order valence-corrected chi connectivity index (χ3v) is 2.43. The summed E-state index contributed by atoms with van der Waals surface area (Å²) in [5.74, 6) is 0.853. The average Bonchev–Trinajstić information content (AvgIpc) is 2.38. The van der Waals surface area contributed by atoms with Crippen LogP contribution in [0.4, 0.5) is 0 Å². The molecule has 2 rings (SSSR count). The molecule has 0 spiro atoms. The smallest absolute Gasteiger partial charge is 0.132 e. The maximum Gasteiger partial charge on any atom is 0.132 e. The van der Waals surface area contributed by atoms with Gasteiger partial charge in [-0.25, -0.2) is 9.97 Å². The van der Waals surface area contributed by atoms with Crippen molar-refractivity contribution in [2.45, 2.75) is 19.9 Å². The van der Waals surface area contributed by atoms with E-state index in [1.54, 1.807) is 12.4 Å². The summed E-state index contributed by atoms with van der Waals surface area (Å²) in [5.41, 5.74) is 2.21. The lowest BCUT2D eigenvalue weighted by Crippen LogP contribution is -2.13. The molecule has 0 radical (unpaired) electrons. The first-order chi connectivity index (χ1) is 8.38. The minimum Gasteiger partial charge on any atom is -0.311 e. The molecule has 0 atom stereocenters. The SMILES string of the molecule is CCNCc1ccnc(Cc2ccncc2)n1. The van der Waals surface area contributed by atoms with Gasteiger partial charge in [-0.1, -0.05) is 6.92 Å². The van der Waals surface area contributed by atoms with Crippen LogP contribution in [0.5, 0.6) is 0 Å². The quantitative estimate of drug-likeness (QED) is 0.844. The van der Waals surface area contributed by atoms with E-state index in [1.807, 2.05) is 24.4 Å². The molecule has 0 bridgehead atoms. The molecule has 0 aromatic carbocycles. The summed E-state index contributed by atoms with van der Waals surface area (Å²) in [7, 11) is 0. The first-order valence-corrected chi connectivity index (χ1v) is 5.79. The van der Waals surface area contributed by atoms with E-state index in [-0.39, 0.29) is 0 Å². The Morgan fingerprint density at radius 1 is 1.12 bits per heavy atom. The average molecular weight is 228 g/mol. The largest absolute Gasteiger partial charge is 0.311 e. The molecule has 2 heterocycles. The summed E-state index contributed by atoms with van der Waals surface area (Å²) >= 11 is 0. The number of nitrogens with zero attached hydrogens (tertiary/aromatic N) is 3. The van der Waals surface area contributed by atoms with Crippen LogP contribution in [0.1, 0.15) is 24.0 Å². The molecular formula is C13H16N4. The van der Waals surface area contributed by atoms with Crippen molar-refractivity contribution < 1.29 is 0 Å².